The number of para-hydroxylation sites is 2. The molecular weight excluding hydrogens is 420 g/mol. The molecule has 1 saturated heterocycles. The van der Waals surface area contributed by atoms with E-state index in [1.165, 1.54) is 0 Å². The van der Waals surface area contributed by atoms with Crippen LogP contribution in [0.1, 0.15) is 11.4 Å². The molecule has 2 aromatic carbocycles. The molecule has 1 fully saturated rings. The van der Waals surface area contributed by atoms with E-state index in [2.05, 4.69) is 22.0 Å². The highest BCUT2D eigenvalue weighted by Crippen LogP contribution is 2.34. The second kappa shape index (κ2) is 9.54. The number of carbonyl (C=O) groups is 1. The lowest BCUT2D eigenvalue weighted by Gasteiger charge is -2.38. The van der Waals surface area contributed by atoms with Gasteiger partial charge in [-0.05, 0) is 29.8 Å². The maximum Gasteiger partial charge on any atom is 0.265 e. The van der Waals surface area contributed by atoms with Gasteiger partial charge in [-0.15, -0.1) is 0 Å². The molecule has 8 nitrogen and oxygen atoms in total. The molecule has 1 aromatic heterocycles. The Morgan fingerprint density at radius 2 is 1.91 bits per heavy atom. The van der Waals surface area contributed by atoms with Gasteiger partial charge in [0.05, 0.1) is 25.4 Å². The molecule has 0 spiro atoms. The number of rotatable bonds is 6. The number of aryl methyl sites for hydroxylation is 1. The quantitative estimate of drug-likeness (QED) is 0.578. The summed E-state index contributed by atoms with van der Waals surface area (Å²) in [5, 5.41) is 0. The van der Waals surface area contributed by atoms with E-state index in [1.807, 2.05) is 59.1 Å². The number of carbonyl (C=O) groups excluding carboxylic acids is 1. The molecule has 1 amide bonds. The van der Waals surface area contributed by atoms with Crippen LogP contribution >= 0.6 is 0 Å². The van der Waals surface area contributed by atoms with Crippen molar-refractivity contribution in [3.63, 3.8) is 0 Å². The van der Waals surface area contributed by atoms with Crippen LogP contribution in [0, 0.1) is 0 Å². The number of amides is 1. The Hall–Kier alpha value is -3.52. The first-order valence-electron chi connectivity index (χ1n) is 11.2. The van der Waals surface area contributed by atoms with Crippen molar-refractivity contribution in [3.05, 3.63) is 72.3 Å². The van der Waals surface area contributed by atoms with Crippen LogP contribution in [-0.2, 0) is 29.7 Å². The lowest BCUT2D eigenvalue weighted by Crippen LogP contribution is -2.52. The minimum absolute atomic E-state index is 0.0239. The van der Waals surface area contributed by atoms with Crippen molar-refractivity contribution in [1.29, 1.82) is 0 Å². The third kappa shape index (κ3) is 4.80. The molecule has 172 valence electrons. The second-order valence-corrected chi connectivity index (χ2v) is 8.28. The third-order valence-corrected chi connectivity index (χ3v) is 6.05. The summed E-state index contributed by atoms with van der Waals surface area (Å²) in [5.41, 5.74) is 2.13. The Kier molecular flexibility index (Phi) is 6.17. The maximum atomic E-state index is 13.1. The van der Waals surface area contributed by atoms with Gasteiger partial charge in [0.2, 0.25) is 0 Å². The van der Waals surface area contributed by atoms with Crippen LogP contribution in [0.3, 0.4) is 0 Å². The number of hydrogen-bond donors (Lipinski definition) is 0. The summed E-state index contributed by atoms with van der Waals surface area (Å²) in [6.07, 6.45) is 3.14. The average Bonchev–Trinajstić information content (AvgIpc) is 3.28. The summed E-state index contributed by atoms with van der Waals surface area (Å²) < 4.78 is 19.3. The Morgan fingerprint density at radius 3 is 2.67 bits per heavy atom. The summed E-state index contributed by atoms with van der Waals surface area (Å²) in [7, 11) is 1.95. The zero-order valence-electron chi connectivity index (χ0n) is 18.7. The monoisotopic (exact) mass is 448 g/mol. The van der Waals surface area contributed by atoms with E-state index in [1.54, 1.807) is 6.20 Å². The SMILES string of the molecule is Cn1ccnc1COc1ccc(CN2CC(C(=O)N3CCOCC3)Oc3ccccc32)cc1. The Bertz CT molecular complexity index is 1090. The maximum absolute atomic E-state index is 13.1. The van der Waals surface area contributed by atoms with E-state index in [9.17, 15) is 4.79 Å². The molecule has 2 aliphatic heterocycles. The van der Waals surface area contributed by atoms with Crippen LogP contribution in [0.15, 0.2) is 60.9 Å². The first kappa shape index (κ1) is 21.3. The van der Waals surface area contributed by atoms with E-state index >= 15 is 0 Å². The molecular formula is C25H28N4O4. The van der Waals surface area contributed by atoms with E-state index < -0.39 is 6.10 Å². The van der Waals surface area contributed by atoms with Gasteiger partial charge < -0.3 is 28.6 Å². The number of ether oxygens (including phenoxy) is 3. The molecule has 1 atom stereocenters. The fourth-order valence-electron chi connectivity index (χ4n) is 4.17. The number of fused-ring (bicyclic) bond motifs is 1. The minimum atomic E-state index is -0.529. The molecule has 0 N–H and O–H groups in total. The first-order chi connectivity index (χ1) is 16.2. The number of imidazole rings is 1. The number of hydrogen-bond acceptors (Lipinski definition) is 6. The van der Waals surface area contributed by atoms with Gasteiger partial charge >= 0.3 is 0 Å². The van der Waals surface area contributed by atoms with Gasteiger partial charge in [0.15, 0.2) is 6.10 Å². The van der Waals surface area contributed by atoms with E-state index in [0.717, 1.165) is 28.6 Å². The molecule has 0 saturated carbocycles. The predicted octanol–water partition coefficient (Wildman–Crippen LogP) is 2.63. The van der Waals surface area contributed by atoms with E-state index in [4.69, 9.17) is 14.2 Å². The molecule has 0 radical (unpaired) electrons. The van der Waals surface area contributed by atoms with E-state index in [0.29, 0.717) is 46.0 Å². The Labute approximate surface area is 193 Å². The number of anilines is 1. The van der Waals surface area contributed by atoms with Gasteiger partial charge in [-0.1, -0.05) is 24.3 Å². The third-order valence-electron chi connectivity index (χ3n) is 6.05. The molecule has 2 aliphatic rings. The summed E-state index contributed by atoms with van der Waals surface area (Å²) in [6.45, 7) is 3.98. The molecule has 1 unspecified atom stereocenters. The topological polar surface area (TPSA) is 69.1 Å². The Balaban J connectivity index is 1.27. The van der Waals surface area contributed by atoms with E-state index in [-0.39, 0.29) is 5.91 Å². The largest absolute Gasteiger partial charge is 0.486 e. The number of aromatic nitrogens is 2. The summed E-state index contributed by atoms with van der Waals surface area (Å²) in [5.74, 6) is 2.44. The van der Waals surface area contributed by atoms with Crippen LogP contribution in [0.25, 0.3) is 0 Å². The smallest absolute Gasteiger partial charge is 0.265 e. The first-order valence-corrected chi connectivity index (χ1v) is 11.2. The van der Waals surface area contributed by atoms with Crippen LogP contribution in [0.2, 0.25) is 0 Å². The van der Waals surface area contributed by atoms with Crippen molar-refractivity contribution < 1.29 is 19.0 Å². The van der Waals surface area contributed by atoms with Crippen molar-refractivity contribution >= 4 is 11.6 Å². The standard InChI is InChI=1S/C25H28N4O4/c1-27-11-10-26-24(27)18-32-20-8-6-19(7-9-20)16-29-17-23(25(30)28-12-14-31-15-13-28)33-22-5-3-2-4-21(22)29/h2-11,23H,12-18H2,1H3. The summed E-state index contributed by atoms with van der Waals surface area (Å²) in [4.78, 5) is 21.4. The summed E-state index contributed by atoms with van der Waals surface area (Å²) in [6, 6.07) is 16.0. The van der Waals surface area contributed by atoms with Crippen LogP contribution < -0.4 is 14.4 Å². The zero-order valence-corrected chi connectivity index (χ0v) is 18.7. The summed E-state index contributed by atoms with van der Waals surface area (Å²) >= 11 is 0. The fourth-order valence-corrected chi connectivity index (χ4v) is 4.17. The predicted molar refractivity (Wildman–Crippen MR) is 123 cm³/mol. The number of benzene rings is 2. The zero-order chi connectivity index (χ0) is 22.6. The molecule has 3 aromatic rings. The van der Waals surface area contributed by atoms with Crippen LogP contribution in [0.5, 0.6) is 11.5 Å². The second-order valence-electron chi connectivity index (χ2n) is 8.28. The molecule has 0 aliphatic carbocycles. The van der Waals surface area contributed by atoms with Gasteiger partial charge in [0.25, 0.3) is 5.91 Å². The highest BCUT2D eigenvalue weighted by atomic mass is 16.5. The molecule has 8 heteroatoms. The van der Waals surface area contributed by atoms with Crippen molar-refractivity contribution in [2.24, 2.45) is 7.05 Å². The normalized spacial score (nSPS) is 17.9. The van der Waals surface area contributed by atoms with Crippen molar-refractivity contribution in [2.45, 2.75) is 19.3 Å². The molecule has 3 heterocycles. The lowest BCUT2D eigenvalue weighted by molar-refractivity contribution is -0.142. The lowest BCUT2D eigenvalue weighted by atomic mass is 10.1. The van der Waals surface area contributed by atoms with Crippen molar-refractivity contribution in [1.82, 2.24) is 14.5 Å². The van der Waals surface area contributed by atoms with Gasteiger partial charge in [0, 0.05) is 39.1 Å². The van der Waals surface area contributed by atoms with Crippen LogP contribution in [0.4, 0.5) is 5.69 Å². The van der Waals surface area contributed by atoms with Crippen molar-refractivity contribution in [2.75, 3.05) is 37.7 Å². The number of morpholine rings is 1. The molecule has 0 bridgehead atoms. The number of nitrogens with zero attached hydrogens (tertiary/aromatic N) is 4. The van der Waals surface area contributed by atoms with Gasteiger partial charge in [-0.25, -0.2) is 4.98 Å². The van der Waals surface area contributed by atoms with Gasteiger partial charge in [0.1, 0.15) is 23.9 Å². The van der Waals surface area contributed by atoms with Gasteiger partial charge in [-0.2, -0.15) is 0 Å². The van der Waals surface area contributed by atoms with Gasteiger partial charge in [-0.3, -0.25) is 4.79 Å². The fraction of sp³-hybridized carbons (Fsp3) is 0.360. The Morgan fingerprint density at radius 1 is 1.12 bits per heavy atom. The highest BCUT2D eigenvalue weighted by Gasteiger charge is 2.34. The average molecular weight is 449 g/mol. The molecule has 33 heavy (non-hydrogen) atoms. The van der Waals surface area contributed by atoms with Crippen molar-refractivity contribution in [3.8, 4) is 11.5 Å². The molecule has 5 rings (SSSR count). The highest BCUT2D eigenvalue weighted by molar-refractivity contribution is 5.83. The minimum Gasteiger partial charge on any atom is -0.486 e. The van der Waals surface area contributed by atoms with Crippen LogP contribution in [-0.4, -0.2) is 59.3 Å².